The highest BCUT2D eigenvalue weighted by Crippen LogP contribution is 2.28. The van der Waals surface area contributed by atoms with E-state index in [2.05, 4.69) is 5.32 Å². The summed E-state index contributed by atoms with van der Waals surface area (Å²) in [6.45, 7) is 0.293. The van der Waals surface area contributed by atoms with E-state index in [1.807, 2.05) is 0 Å². The lowest BCUT2D eigenvalue weighted by molar-refractivity contribution is -0.121. The second-order valence-corrected chi connectivity index (χ2v) is 6.55. The molecular formula is C15H19F2NO2S. The van der Waals surface area contributed by atoms with Gasteiger partial charge in [-0.05, 0) is 31.0 Å². The summed E-state index contributed by atoms with van der Waals surface area (Å²) in [5.74, 6) is -1.41. The second-order valence-electron chi connectivity index (χ2n) is 5.38. The topological polar surface area (TPSA) is 49.3 Å². The third-order valence-electron chi connectivity index (χ3n) is 3.64. The third-order valence-corrected chi connectivity index (χ3v) is 4.63. The van der Waals surface area contributed by atoms with Gasteiger partial charge < -0.3 is 10.4 Å². The van der Waals surface area contributed by atoms with Crippen molar-refractivity contribution in [1.29, 1.82) is 0 Å². The Balaban J connectivity index is 1.68. The van der Waals surface area contributed by atoms with E-state index in [0.717, 1.165) is 37.8 Å². The minimum atomic E-state index is -0.882. The van der Waals surface area contributed by atoms with Crippen LogP contribution in [0.25, 0.3) is 0 Å². The minimum Gasteiger partial charge on any atom is -0.388 e. The van der Waals surface area contributed by atoms with E-state index in [1.165, 1.54) is 17.8 Å². The van der Waals surface area contributed by atoms with Crippen molar-refractivity contribution in [2.24, 2.45) is 0 Å². The van der Waals surface area contributed by atoms with Crippen LogP contribution in [0.2, 0.25) is 0 Å². The van der Waals surface area contributed by atoms with Crippen LogP contribution in [-0.2, 0) is 4.79 Å². The molecule has 1 aliphatic rings. The monoisotopic (exact) mass is 315 g/mol. The van der Waals surface area contributed by atoms with Crippen LogP contribution in [0.15, 0.2) is 23.1 Å². The lowest BCUT2D eigenvalue weighted by atomic mass is 10.0. The van der Waals surface area contributed by atoms with Crippen LogP contribution in [0.4, 0.5) is 8.78 Å². The van der Waals surface area contributed by atoms with Crippen molar-refractivity contribution in [3.63, 3.8) is 0 Å². The summed E-state index contributed by atoms with van der Waals surface area (Å²) in [4.78, 5) is 12.3. The Kier molecular flexibility index (Phi) is 5.58. The first-order chi connectivity index (χ1) is 9.98. The summed E-state index contributed by atoms with van der Waals surface area (Å²) in [6.07, 6.45) is 3.74. The Morgan fingerprint density at radius 3 is 2.67 bits per heavy atom. The maximum atomic E-state index is 13.0. The Hall–Kier alpha value is -1.14. The lowest BCUT2D eigenvalue weighted by Gasteiger charge is -2.22. The predicted octanol–water partition coefficient (Wildman–Crippen LogP) is 2.87. The first kappa shape index (κ1) is 16.2. The van der Waals surface area contributed by atoms with E-state index in [0.29, 0.717) is 17.2 Å². The average Bonchev–Trinajstić information content (AvgIpc) is 2.88. The predicted molar refractivity (Wildman–Crippen MR) is 78.1 cm³/mol. The fourth-order valence-electron chi connectivity index (χ4n) is 2.39. The Morgan fingerprint density at radius 2 is 2.00 bits per heavy atom. The van der Waals surface area contributed by atoms with Crippen LogP contribution in [-0.4, -0.2) is 28.9 Å². The second kappa shape index (κ2) is 7.22. The van der Waals surface area contributed by atoms with Crippen LogP contribution >= 0.6 is 11.8 Å². The van der Waals surface area contributed by atoms with Gasteiger partial charge in [0.2, 0.25) is 5.91 Å². The van der Waals surface area contributed by atoms with Crippen molar-refractivity contribution in [2.45, 2.75) is 42.6 Å². The third kappa shape index (κ3) is 4.97. The normalized spacial score (nSPS) is 16.9. The molecule has 1 aliphatic carbocycles. The zero-order valence-electron chi connectivity index (χ0n) is 11.7. The smallest absolute Gasteiger partial charge is 0.220 e. The molecule has 0 radical (unpaired) electrons. The molecule has 0 bridgehead atoms. The fraction of sp³-hybridized carbons (Fsp3) is 0.533. The SMILES string of the molecule is O=C(CCSc1ccc(F)c(F)c1)NCC1(O)CCCC1. The molecule has 1 fully saturated rings. The van der Waals surface area contributed by atoms with Crippen molar-refractivity contribution in [3.8, 4) is 0 Å². The number of carbonyl (C=O) groups is 1. The maximum Gasteiger partial charge on any atom is 0.220 e. The number of amides is 1. The van der Waals surface area contributed by atoms with Gasteiger partial charge in [-0.3, -0.25) is 4.79 Å². The highest BCUT2D eigenvalue weighted by molar-refractivity contribution is 7.99. The molecule has 3 nitrogen and oxygen atoms in total. The van der Waals surface area contributed by atoms with Crippen molar-refractivity contribution < 1.29 is 18.7 Å². The van der Waals surface area contributed by atoms with Crippen LogP contribution in [0.1, 0.15) is 32.1 Å². The number of carbonyl (C=O) groups excluding carboxylic acids is 1. The molecule has 1 aromatic carbocycles. The van der Waals surface area contributed by atoms with Gasteiger partial charge in [-0.25, -0.2) is 8.78 Å². The number of hydrogen-bond acceptors (Lipinski definition) is 3. The number of hydrogen-bond donors (Lipinski definition) is 2. The summed E-state index contributed by atoms with van der Waals surface area (Å²) >= 11 is 1.30. The maximum absolute atomic E-state index is 13.0. The van der Waals surface area contributed by atoms with Crippen molar-refractivity contribution in [2.75, 3.05) is 12.3 Å². The Bertz CT molecular complexity index is 504. The van der Waals surface area contributed by atoms with Crippen molar-refractivity contribution in [1.82, 2.24) is 5.32 Å². The highest BCUT2D eigenvalue weighted by atomic mass is 32.2. The summed E-state index contributed by atoms with van der Waals surface area (Å²) in [6, 6.07) is 3.69. The summed E-state index contributed by atoms with van der Waals surface area (Å²) < 4.78 is 25.8. The first-order valence-corrected chi connectivity index (χ1v) is 8.04. The van der Waals surface area contributed by atoms with Crippen molar-refractivity contribution in [3.05, 3.63) is 29.8 Å². The van der Waals surface area contributed by atoms with Crippen LogP contribution in [0.3, 0.4) is 0 Å². The zero-order chi connectivity index (χ0) is 15.3. The van der Waals surface area contributed by atoms with Crippen LogP contribution in [0, 0.1) is 11.6 Å². The molecular weight excluding hydrogens is 296 g/mol. The lowest BCUT2D eigenvalue weighted by Crippen LogP contribution is -2.40. The average molecular weight is 315 g/mol. The molecule has 0 heterocycles. The van der Waals surface area contributed by atoms with Crippen molar-refractivity contribution >= 4 is 17.7 Å². The van der Waals surface area contributed by atoms with E-state index in [9.17, 15) is 18.7 Å². The molecule has 0 aliphatic heterocycles. The van der Waals surface area contributed by atoms with E-state index >= 15 is 0 Å². The van der Waals surface area contributed by atoms with Gasteiger partial charge >= 0.3 is 0 Å². The molecule has 21 heavy (non-hydrogen) atoms. The number of rotatable bonds is 6. The molecule has 116 valence electrons. The Labute approximate surface area is 127 Å². The summed E-state index contributed by atoms with van der Waals surface area (Å²) in [5.41, 5.74) is -0.747. The number of thioether (sulfide) groups is 1. The van der Waals surface area contributed by atoms with Gasteiger partial charge in [0.05, 0.1) is 5.60 Å². The zero-order valence-corrected chi connectivity index (χ0v) is 12.5. The number of halogens is 2. The molecule has 0 aromatic heterocycles. The molecule has 0 atom stereocenters. The van der Waals surface area contributed by atoms with Gasteiger partial charge in [-0.1, -0.05) is 12.8 Å². The molecule has 0 saturated heterocycles. The highest BCUT2D eigenvalue weighted by Gasteiger charge is 2.31. The van der Waals surface area contributed by atoms with E-state index in [1.54, 1.807) is 0 Å². The number of aliphatic hydroxyl groups is 1. The summed E-state index contributed by atoms with van der Waals surface area (Å²) in [7, 11) is 0. The van der Waals surface area contributed by atoms with Gasteiger partial charge in [0.25, 0.3) is 0 Å². The molecule has 1 amide bonds. The molecule has 1 saturated carbocycles. The van der Waals surface area contributed by atoms with Gasteiger partial charge in [0.15, 0.2) is 11.6 Å². The molecule has 1 aromatic rings. The van der Waals surface area contributed by atoms with Crippen LogP contribution in [0.5, 0.6) is 0 Å². The number of benzene rings is 1. The fourth-order valence-corrected chi connectivity index (χ4v) is 3.26. The standard InChI is InChI=1S/C15H19F2NO2S/c16-12-4-3-11(9-13(12)17)21-8-5-14(19)18-10-15(20)6-1-2-7-15/h3-4,9,20H,1-2,5-8,10H2,(H,18,19). The van der Waals surface area contributed by atoms with E-state index < -0.39 is 17.2 Å². The van der Waals surface area contributed by atoms with Gasteiger partial charge in [-0.2, -0.15) is 0 Å². The minimum absolute atomic E-state index is 0.134. The van der Waals surface area contributed by atoms with Gasteiger partial charge in [0.1, 0.15) is 0 Å². The molecule has 2 N–H and O–H groups in total. The van der Waals surface area contributed by atoms with E-state index in [-0.39, 0.29) is 12.3 Å². The quantitative estimate of drug-likeness (QED) is 0.794. The molecule has 2 rings (SSSR count). The first-order valence-electron chi connectivity index (χ1n) is 7.05. The largest absolute Gasteiger partial charge is 0.388 e. The molecule has 0 spiro atoms. The summed E-state index contributed by atoms with van der Waals surface area (Å²) in [5, 5.41) is 12.8. The Morgan fingerprint density at radius 1 is 1.29 bits per heavy atom. The molecule has 0 unspecified atom stereocenters. The van der Waals surface area contributed by atoms with Crippen LogP contribution < -0.4 is 5.32 Å². The number of nitrogens with one attached hydrogen (secondary N) is 1. The van der Waals surface area contributed by atoms with E-state index in [4.69, 9.17) is 0 Å². The molecule has 6 heteroatoms. The van der Waals surface area contributed by atoms with Gasteiger partial charge in [0, 0.05) is 23.6 Å². The van der Waals surface area contributed by atoms with Gasteiger partial charge in [-0.15, -0.1) is 11.8 Å².